The molecule has 0 aliphatic carbocycles. The molecule has 1 unspecified atom stereocenters. The van der Waals surface area contributed by atoms with Crippen LogP contribution in [0.4, 0.5) is 4.39 Å². The first-order chi connectivity index (χ1) is 10.1. The molecule has 114 valence electrons. The largest absolute Gasteiger partial charge is 0.320 e. The molecule has 1 aliphatic rings. The van der Waals surface area contributed by atoms with Gasteiger partial charge in [0, 0.05) is 24.7 Å². The highest BCUT2D eigenvalue weighted by Crippen LogP contribution is 2.18. The van der Waals surface area contributed by atoms with Crippen LogP contribution in [0.1, 0.15) is 24.0 Å². The molecule has 2 N–H and O–H groups in total. The summed E-state index contributed by atoms with van der Waals surface area (Å²) in [5.41, 5.74) is 7.25. The Morgan fingerprint density at radius 2 is 2.24 bits per heavy atom. The maximum Gasteiger partial charge on any atom is 0.124 e. The third kappa shape index (κ3) is 4.53. The number of benzene rings is 1. The van der Waals surface area contributed by atoms with Crippen LogP contribution in [-0.4, -0.2) is 49.6 Å². The fourth-order valence-corrected chi connectivity index (χ4v) is 2.79. The fraction of sp³-hybridized carbons (Fsp3) is 0.529. The van der Waals surface area contributed by atoms with Gasteiger partial charge in [-0.3, -0.25) is 4.90 Å². The summed E-state index contributed by atoms with van der Waals surface area (Å²) in [6.45, 7) is 3.25. The molecule has 0 radical (unpaired) electrons. The maximum atomic E-state index is 13.4. The molecule has 0 bridgehead atoms. The predicted octanol–water partition coefficient (Wildman–Crippen LogP) is 1.66. The molecule has 3 nitrogen and oxygen atoms in total. The number of piperidine rings is 1. The minimum atomic E-state index is -0.245. The fourth-order valence-electron chi connectivity index (χ4n) is 2.79. The Morgan fingerprint density at radius 3 is 2.95 bits per heavy atom. The summed E-state index contributed by atoms with van der Waals surface area (Å²) in [5, 5.41) is 0. The van der Waals surface area contributed by atoms with Crippen molar-refractivity contribution in [3.05, 3.63) is 35.1 Å². The van der Waals surface area contributed by atoms with Gasteiger partial charge in [-0.15, -0.1) is 0 Å². The molecule has 4 heteroatoms. The molecular weight excluding hydrogens is 265 g/mol. The Labute approximate surface area is 126 Å². The van der Waals surface area contributed by atoms with Crippen molar-refractivity contribution in [2.45, 2.75) is 25.4 Å². The zero-order chi connectivity index (χ0) is 15.2. The maximum absolute atomic E-state index is 13.4. The zero-order valence-electron chi connectivity index (χ0n) is 12.9. The summed E-state index contributed by atoms with van der Waals surface area (Å²) in [4.78, 5) is 4.71. The lowest BCUT2D eigenvalue weighted by atomic mass is 10.0. The Hall–Kier alpha value is -1.41. The number of halogens is 1. The van der Waals surface area contributed by atoms with Gasteiger partial charge in [0.25, 0.3) is 0 Å². The van der Waals surface area contributed by atoms with Gasteiger partial charge in [0.2, 0.25) is 0 Å². The number of hydrogen-bond donors (Lipinski definition) is 1. The number of rotatable bonds is 3. The van der Waals surface area contributed by atoms with Crippen LogP contribution in [0, 0.1) is 17.7 Å². The molecule has 1 atom stereocenters. The van der Waals surface area contributed by atoms with E-state index in [1.165, 1.54) is 25.0 Å². The Bertz CT molecular complexity index is 531. The molecule has 2 rings (SSSR count). The van der Waals surface area contributed by atoms with E-state index in [1.807, 2.05) is 6.07 Å². The standard InChI is InChI=1S/C17H24FN3/c1-20(2)17-6-4-10-21(13-17)12-15-7-8-16(18)11-14(15)5-3-9-19/h7-8,11,17H,4,6,9-10,12-13,19H2,1-2H3. The van der Waals surface area contributed by atoms with Crippen LogP contribution < -0.4 is 5.73 Å². The monoisotopic (exact) mass is 289 g/mol. The van der Waals surface area contributed by atoms with Crippen LogP contribution in [0.15, 0.2) is 18.2 Å². The minimum absolute atomic E-state index is 0.245. The second-order valence-corrected chi connectivity index (χ2v) is 5.80. The molecule has 1 aliphatic heterocycles. The van der Waals surface area contributed by atoms with Gasteiger partial charge in [-0.1, -0.05) is 17.9 Å². The summed E-state index contributed by atoms with van der Waals surface area (Å²) in [6.07, 6.45) is 2.45. The smallest absolute Gasteiger partial charge is 0.124 e. The van der Waals surface area contributed by atoms with Crippen molar-refractivity contribution in [1.82, 2.24) is 9.80 Å². The van der Waals surface area contributed by atoms with Crippen molar-refractivity contribution in [2.24, 2.45) is 5.73 Å². The van der Waals surface area contributed by atoms with Gasteiger partial charge in [-0.2, -0.15) is 0 Å². The van der Waals surface area contributed by atoms with Gasteiger partial charge in [0.05, 0.1) is 6.54 Å². The molecule has 0 spiro atoms. The van der Waals surface area contributed by atoms with Crippen molar-refractivity contribution < 1.29 is 4.39 Å². The van der Waals surface area contributed by atoms with Crippen LogP contribution in [0.3, 0.4) is 0 Å². The van der Waals surface area contributed by atoms with Crippen molar-refractivity contribution >= 4 is 0 Å². The van der Waals surface area contributed by atoms with Gasteiger partial charge in [-0.25, -0.2) is 4.39 Å². The van der Waals surface area contributed by atoms with E-state index in [1.54, 1.807) is 0 Å². The van der Waals surface area contributed by atoms with E-state index >= 15 is 0 Å². The van der Waals surface area contributed by atoms with Crippen LogP contribution in [0.5, 0.6) is 0 Å². The van der Waals surface area contributed by atoms with Gasteiger partial charge in [0.15, 0.2) is 0 Å². The highest BCUT2D eigenvalue weighted by atomic mass is 19.1. The van der Waals surface area contributed by atoms with Crippen LogP contribution in [0.25, 0.3) is 0 Å². The topological polar surface area (TPSA) is 32.5 Å². The molecular formula is C17H24FN3. The van der Waals surface area contributed by atoms with Crippen molar-refractivity contribution in [2.75, 3.05) is 33.7 Å². The minimum Gasteiger partial charge on any atom is -0.320 e. The molecule has 1 saturated heterocycles. The molecule has 1 aromatic carbocycles. The van der Waals surface area contributed by atoms with Crippen LogP contribution >= 0.6 is 0 Å². The van der Waals surface area contributed by atoms with Gasteiger partial charge < -0.3 is 10.6 Å². The number of likely N-dealkylation sites (tertiary alicyclic amines) is 1. The Morgan fingerprint density at radius 1 is 1.43 bits per heavy atom. The number of hydrogen-bond acceptors (Lipinski definition) is 3. The summed E-state index contributed by atoms with van der Waals surface area (Å²) in [5.74, 6) is 5.56. The summed E-state index contributed by atoms with van der Waals surface area (Å²) < 4.78 is 13.4. The Balaban J connectivity index is 2.11. The van der Waals surface area contributed by atoms with E-state index in [2.05, 4.69) is 35.7 Å². The first-order valence-corrected chi connectivity index (χ1v) is 7.46. The summed E-state index contributed by atoms with van der Waals surface area (Å²) in [7, 11) is 4.26. The van der Waals surface area contributed by atoms with E-state index in [-0.39, 0.29) is 5.82 Å². The van der Waals surface area contributed by atoms with E-state index in [9.17, 15) is 4.39 Å². The third-order valence-corrected chi connectivity index (χ3v) is 4.00. The average molecular weight is 289 g/mol. The SMILES string of the molecule is CN(C)C1CCCN(Cc2ccc(F)cc2C#CCN)C1. The molecule has 21 heavy (non-hydrogen) atoms. The summed E-state index contributed by atoms with van der Waals surface area (Å²) >= 11 is 0. The van der Waals surface area contributed by atoms with Gasteiger partial charge >= 0.3 is 0 Å². The molecule has 0 amide bonds. The molecule has 0 aromatic heterocycles. The van der Waals surface area contributed by atoms with E-state index in [4.69, 9.17) is 5.73 Å². The lowest BCUT2D eigenvalue weighted by molar-refractivity contribution is 0.128. The molecule has 1 aromatic rings. The van der Waals surface area contributed by atoms with E-state index in [0.717, 1.165) is 30.8 Å². The molecule has 1 fully saturated rings. The van der Waals surface area contributed by atoms with E-state index < -0.39 is 0 Å². The highest BCUT2D eigenvalue weighted by molar-refractivity contribution is 5.42. The lowest BCUT2D eigenvalue weighted by Gasteiger charge is -2.36. The number of nitrogens with zero attached hydrogens (tertiary/aromatic N) is 2. The van der Waals surface area contributed by atoms with E-state index in [0.29, 0.717) is 12.6 Å². The molecule has 0 saturated carbocycles. The van der Waals surface area contributed by atoms with Crippen molar-refractivity contribution in [1.29, 1.82) is 0 Å². The van der Waals surface area contributed by atoms with Crippen molar-refractivity contribution in [3.8, 4) is 11.8 Å². The second-order valence-electron chi connectivity index (χ2n) is 5.80. The quantitative estimate of drug-likeness (QED) is 0.859. The second kappa shape index (κ2) is 7.56. The predicted molar refractivity (Wildman–Crippen MR) is 84.3 cm³/mol. The Kier molecular flexibility index (Phi) is 5.75. The highest BCUT2D eigenvalue weighted by Gasteiger charge is 2.21. The van der Waals surface area contributed by atoms with Gasteiger partial charge in [0.1, 0.15) is 5.82 Å². The van der Waals surface area contributed by atoms with Crippen molar-refractivity contribution in [3.63, 3.8) is 0 Å². The third-order valence-electron chi connectivity index (χ3n) is 4.00. The number of nitrogens with two attached hydrogens (primary N) is 1. The number of likely N-dealkylation sites (N-methyl/N-ethyl adjacent to an activating group) is 1. The normalized spacial score (nSPS) is 19.4. The van der Waals surface area contributed by atoms with Crippen LogP contribution in [-0.2, 0) is 6.54 Å². The van der Waals surface area contributed by atoms with Crippen LogP contribution in [0.2, 0.25) is 0 Å². The van der Waals surface area contributed by atoms with Gasteiger partial charge in [-0.05, 0) is 51.2 Å². The average Bonchev–Trinajstić information content (AvgIpc) is 2.47. The zero-order valence-corrected chi connectivity index (χ0v) is 12.9. The lowest BCUT2D eigenvalue weighted by Crippen LogP contribution is -2.44. The summed E-state index contributed by atoms with van der Waals surface area (Å²) in [6, 6.07) is 5.45. The first-order valence-electron chi connectivity index (χ1n) is 7.46. The first kappa shape index (κ1) is 16.0. The molecule has 1 heterocycles.